The number of rotatable bonds is 3. The number of amides is 1. The van der Waals surface area contributed by atoms with E-state index in [1.807, 2.05) is 24.1 Å². The van der Waals surface area contributed by atoms with Crippen LogP contribution in [-0.4, -0.2) is 52.7 Å². The molecule has 1 saturated heterocycles. The van der Waals surface area contributed by atoms with Crippen molar-refractivity contribution in [2.75, 3.05) is 25.0 Å². The molecule has 1 unspecified atom stereocenters. The molecule has 6 nitrogen and oxygen atoms in total. The fourth-order valence-electron chi connectivity index (χ4n) is 3.68. The monoisotopic (exact) mass is 375 g/mol. The van der Waals surface area contributed by atoms with Crippen molar-refractivity contribution < 1.29 is 4.79 Å². The van der Waals surface area contributed by atoms with Gasteiger partial charge in [0.05, 0.1) is 5.54 Å². The van der Waals surface area contributed by atoms with Crippen molar-refractivity contribution in [1.29, 1.82) is 0 Å². The van der Waals surface area contributed by atoms with E-state index in [1.54, 1.807) is 6.20 Å². The average molecular weight is 376 g/mol. The van der Waals surface area contributed by atoms with Gasteiger partial charge in [-0.25, -0.2) is 0 Å². The van der Waals surface area contributed by atoms with Gasteiger partial charge in [-0.15, -0.1) is 29.9 Å². The number of anilines is 1. The van der Waals surface area contributed by atoms with E-state index >= 15 is 0 Å². The fourth-order valence-corrected chi connectivity index (χ4v) is 3.68. The number of halogens is 2. The Bertz CT molecular complexity index is 524. The van der Waals surface area contributed by atoms with Crippen molar-refractivity contribution in [3.63, 3.8) is 0 Å². The van der Waals surface area contributed by atoms with Crippen LogP contribution in [0.25, 0.3) is 0 Å². The lowest BCUT2D eigenvalue weighted by atomic mass is 9.95. The van der Waals surface area contributed by atoms with E-state index in [4.69, 9.17) is 5.73 Å². The quantitative estimate of drug-likeness (QED) is 0.874. The summed E-state index contributed by atoms with van der Waals surface area (Å²) < 4.78 is 0. The van der Waals surface area contributed by atoms with Crippen molar-refractivity contribution in [3.05, 3.63) is 18.3 Å². The van der Waals surface area contributed by atoms with E-state index in [-0.39, 0.29) is 36.8 Å². The molecule has 1 atom stereocenters. The van der Waals surface area contributed by atoms with Crippen LogP contribution in [0.5, 0.6) is 0 Å². The Morgan fingerprint density at radius 1 is 1.33 bits per heavy atom. The van der Waals surface area contributed by atoms with Gasteiger partial charge in [-0.3, -0.25) is 4.79 Å². The van der Waals surface area contributed by atoms with Gasteiger partial charge in [0.15, 0.2) is 5.82 Å². The van der Waals surface area contributed by atoms with Gasteiger partial charge in [0.1, 0.15) is 0 Å². The zero-order chi connectivity index (χ0) is 15.6. The van der Waals surface area contributed by atoms with E-state index in [0.29, 0.717) is 0 Å². The molecule has 2 heterocycles. The maximum atomic E-state index is 12.8. The largest absolute Gasteiger partial charge is 0.353 e. The topological polar surface area (TPSA) is 75.3 Å². The lowest BCUT2D eigenvalue weighted by Gasteiger charge is -2.40. The molecular weight excluding hydrogens is 349 g/mol. The summed E-state index contributed by atoms with van der Waals surface area (Å²) in [6.07, 6.45) is 7.51. The Morgan fingerprint density at radius 2 is 2.04 bits per heavy atom. The third-order valence-electron chi connectivity index (χ3n) is 5.07. The molecule has 1 aliphatic carbocycles. The first-order valence-corrected chi connectivity index (χ1v) is 8.19. The molecule has 8 heteroatoms. The van der Waals surface area contributed by atoms with E-state index in [1.165, 1.54) is 0 Å². The Hall–Kier alpha value is -1.11. The third-order valence-corrected chi connectivity index (χ3v) is 5.07. The average Bonchev–Trinajstić information content (AvgIpc) is 3.02. The number of likely N-dealkylation sites (N-methyl/N-ethyl adjacent to an activating group) is 1. The predicted octanol–water partition coefficient (Wildman–Crippen LogP) is 2.02. The Kier molecular flexibility index (Phi) is 7.70. The number of hydrogen-bond donors (Lipinski definition) is 1. The first kappa shape index (κ1) is 20.9. The first-order chi connectivity index (χ1) is 10.6. The molecule has 1 aromatic heterocycles. The normalized spacial score (nSPS) is 22.2. The molecule has 3 rings (SSSR count). The molecule has 1 amide bonds. The summed E-state index contributed by atoms with van der Waals surface area (Å²) in [6, 6.07) is 4.07. The molecule has 0 aromatic carbocycles. The summed E-state index contributed by atoms with van der Waals surface area (Å²) in [4.78, 5) is 16.9. The minimum absolute atomic E-state index is 0. The molecule has 0 radical (unpaired) electrons. The number of nitrogens with zero attached hydrogens (tertiary/aromatic N) is 4. The maximum absolute atomic E-state index is 12.8. The number of carbonyl (C=O) groups excluding carboxylic acids is 1. The SMILES string of the molecule is CN(C(=O)C1(N)CCCC1)C1CCCN(c2cccnn2)C1.Cl.Cl. The molecular formula is C16H27Cl2N5O. The van der Waals surface area contributed by atoms with Gasteiger partial charge < -0.3 is 15.5 Å². The highest BCUT2D eigenvalue weighted by molar-refractivity contribution is 5.86. The van der Waals surface area contributed by atoms with Gasteiger partial charge in [0.25, 0.3) is 0 Å². The van der Waals surface area contributed by atoms with Gasteiger partial charge in [0, 0.05) is 32.4 Å². The molecule has 2 fully saturated rings. The molecule has 1 aliphatic heterocycles. The van der Waals surface area contributed by atoms with Gasteiger partial charge in [0.2, 0.25) is 5.91 Å². The van der Waals surface area contributed by atoms with Gasteiger partial charge in [-0.2, -0.15) is 5.10 Å². The second-order valence-corrected chi connectivity index (χ2v) is 6.60. The van der Waals surface area contributed by atoms with Crippen LogP contribution in [-0.2, 0) is 4.79 Å². The van der Waals surface area contributed by atoms with Crippen LogP contribution in [0.1, 0.15) is 38.5 Å². The summed E-state index contributed by atoms with van der Waals surface area (Å²) in [5, 5.41) is 8.13. The number of hydrogen-bond acceptors (Lipinski definition) is 5. The van der Waals surface area contributed by atoms with Crippen LogP contribution >= 0.6 is 24.8 Å². The van der Waals surface area contributed by atoms with Crippen molar-refractivity contribution in [2.24, 2.45) is 5.73 Å². The van der Waals surface area contributed by atoms with Gasteiger partial charge in [-0.1, -0.05) is 12.8 Å². The third kappa shape index (κ3) is 4.29. The van der Waals surface area contributed by atoms with Crippen LogP contribution in [0, 0.1) is 0 Å². The molecule has 24 heavy (non-hydrogen) atoms. The van der Waals surface area contributed by atoms with Crippen LogP contribution < -0.4 is 10.6 Å². The Balaban J connectivity index is 0.00000144. The van der Waals surface area contributed by atoms with Crippen LogP contribution in [0.15, 0.2) is 18.3 Å². The molecule has 1 saturated carbocycles. The van der Waals surface area contributed by atoms with Gasteiger partial charge >= 0.3 is 0 Å². The summed E-state index contributed by atoms with van der Waals surface area (Å²) in [5.74, 6) is 0.993. The molecule has 1 aromatic rings. The standard InChI is InChI=1S/C16H25N5O.2ClH/c1-20(15(22)16(17)8-2-3-9-16)13-6-5-11-21(12-13)14-7-4-10-18-19-14;;/h4,7,10,13H,2-3,5-6,8-9,11-12,17H2,1H3;2*1H. The van der Waals surface area contributed by atoms with E-state index in [2.05, 4.69) is 15.1 Å². The molecule has 0 spiro atoms. The number of aromatic nitrogens is 2. The highest BCUT2D eigenvalue weighted by Crippen LogP contribution is 2.30. The van der Waals surface area contributed by atoms with Crippen molar-refractivity contribution in [2.45, 2.75) is 50.1 Å². The second-order valence-electron chi connectivity index (χ2n) is 6.60. The summed E-state index contributed by atoms with van der Waals surface area (Å²) in [6.45, 7) is 1.77. The van der Waals surface area contributed by atoms with Crippen LogP contribution in [0.2, 0.25) is 0 Å². The van der Waals surface area contributed by atoms with Crippen LogP contribution in [0.4, 0.5) is 5.82 Å². The Morgan fingerprint density at radius 3 is 2.67 bits per heavy atom. The fraction of sp³-hybridized carbons (Fsp3) is 0.688. The zero-order valence-corrected chi connectivity index (χ0v) is 15.7. The lowest BCUT2D eigenvalue weighted by molar-refractivity contribution is -0.137. The number of nitrogens with two attached hydrogens (primary N) is 1. The highest BCUT2D eigenvalue weighted by Gasteiger charge is 2.41. The summed E-state index contributed by atoms with van der Waals surface area (Å²) in [5.41, 5.74) is 5.69. The lowest BCUT2D eigenvalue weighted by Crippen LogP contribution is -2.58. The van der Waals surface area contributed by atoms with Crippen molar-refractivity contribution in [3.8, 4) is 0 Å². The maximum Gasteiger partial charge on any atom is 0.242 e. The highest BCUT2D eigenvalue weighted by atomic mass is 35.5. The number of carbonyl (C=O) groups is 1. The zero-order valence-electron chi connectivity index (χ0n) is 14.1. The first-order valence-electron chi connectivity index (χ1n) is 8.19. The predicted molar refractivity (Wildman–Crippen MR) is 99.9 cm³/mol. The Labute approximate surface area is 156 Å². The summed E-state index contributed by atoms with van der Waals surface area (Å²) >= 11 is 0. The molecule has 2 aliphatic rings. The van der Waals surface area contributed by atoms with E-state index in [0.717, 1.165) is 57.4 Å². The minimum Gasteiger partial charge on any atom is -0.353 e. The van der Waals surface area contributed by atoms with E-state index < -0.39 is 5.54 Å². The van der Waals surface area contributed by atoms with Gasteiger partial charge in [-0.05, 0) is 37.8 Å². The smallest absolute Gasteiger partial charge is 0.242 e. The van der Waals surface area contributed by atoms with Crippen LogP contribution in [0.3, 0.4) is 0 Å². The second kappa shape index (κ2) is 8.83. The van der Waals surface area contributed by atoms with E-state index in [9.17, 15) is 4.79 Å². The minimum atomic E-state index is -0.635. The van der Waals surface area contributed by atoms with Crippen molar-refractivity contribution in [1.82, 2.24) is 15.1 Å². The molecule has 136 valence electrons. The van der Waals surface area contributed by atoms with Crippen molar-refractivity contribution >= 4 is 36.5 Å². The molecule has 2 N–H and O–H groups in total. The number of piperidine rings is 1. The summed E-state index contributed by atoms with van der Waals surface area (Å²) in [7, 11) is 1.90. The molecule has 0 bridgehead atoms.